The number of hydrogen-bond donors (Lipinski definition) is 2. The molecule has 0 saturated carbocycles. The lowest BCUT2D eigenvalue weighted by Crippen LogP contribution is -2.15. The van der Waals surface area contributed by atoms with Crippen LogP contribution in [0.25, 0.3) is 0 Å². The highest BCUT2D eigenvalue weighted by atomic mass is 16.6. The second-order valence-electron chi connectivity index (χ2n) is 4.46. The molecule has 0 atom stereocenters. The zero-order valence-corrected chi connectivity index (χ0v) is 11.2. The molecule has 1 amide bonds. The number of nitrogens with one attached hydrogen (secondary N) is 1. The van der Waals surface area contributed by atoms with Gasteiger partial charge < -0.3 is 10.4 Å². The lowest BCUT2D eigenvalue weighted by Gasteiger charge is -2.09. The Hall–Kier alpha value is -2.73. The molecular formula is C15H14N2O4. The number of nitrogens with zero attached hydrogens (tertiary/aromatic N) is 1. The van der Waals surface area contributed by atoms with E-state index in [-0.39, 0.29) is 24.6 Å². The molecule has 6 heteroatoms. The number of rotatable bonds is 5. The molecule has 0 fully saturated rings. The molecule has 108 valence electrons. The maximum atomic E-state index is 11.9. The van der Waals surface area contributed by atoms with Gasteiger partial charge in [0.25, 0.3) is 5.69 Å². The highest BCUT2D eigenvalue weighted by Crippen LogP contribution is 2.16. The molecule has 0 aliphatic rings. The smallest absolute Gasteiger partial charge is 0.269 e. The third-order valence-corrected chi connectivity index (χ3v) is 2.97. The van der Waals surface area contributed by atoms with Gasteiger partial charge in [0, 0.05) is 23.4 Å². The van der Waals surface area contributed by atoms with Crippen molar-refractivity contribution in [3.05, 3.63) is 69.8 Å². The van der Waals surface area contributed by atoms with Gasteiger partial charge in [0.15, 0.2) is 0 Å². The summed E-state index contributed by atoms with van der Waals surface area (Å²) in [6, 6.07) is 12.8. The Morgan fingerprint density at radius 3 is 2.43 bits per heavy atom. The third kappa shape index (κ3) is 3.87. The fourth-order valence-electron chi connectivity index (χ4n) is 1.90. The average Bonchev–Trinajstić information content (AvgIpc) is 2.48. The predicted molar refractivity (Wildman–Crippen MR) is 77.8 cm³/mol. The van der Waals surface area contributed by atoms with E-state index in [9.17, 15) is 20.0 Å². The van der Waals surface area contributed by atoms with Crippen molar-refractivity contribution in [2.75, 3.05) is 5.32 Å². The van der Waals surface area contributed by atoms with Crippen LogP contribution < -0.4 is 5.32 Å². The summed E-state index contributed by atoms with van der Waals surface area (Å²) in [5.74, 6) is -0.246. The van der Waals surface area contributed by atoms with Gasteiger partial charge in [-0.2, -0.15) is 0 Å². The summed E-state index contributed by atoms with van der Waals surface area (Å²) in [6.45, 7) is -0.159. The average molecular weight is 286 g/mol. The molecule has 2 rings (SSSR count). The standard InChI is InChI=1S/C15H14N2O4/c18-10-12-3-1-2-4-14(12)16-15(19)9-11-5-7-13(8-6-11)17(20)21/h1-8,18H,9-10H2,(H,16,19). The van der Waals surface area contributed by atoms with Crippen LogP contribution in [0.5, 0.6) is 0 Å². The summed E-state index contributed by atoms with van der Waals surface area (Å²) in [6.07, 6.45) is 0.109. The number of nitro groups is 1. The van der Waals surface area contributed by atoms with Crippen LogP contribution in [0.1, 0.15) is 11.1 Å². The van der Waals surface area contributed by atoms with E-state index in [4.69, 9.17) is 0 Å². The molecule has 21 heavy (non-hydrogen) atoms. The number of carbonyl (C=O) groups excluding carboxylic acids is 1. The van der Waals surface area contributed by atoms with Gasteiger partial charge in [-0.15, -0.1) is 0 Å². The second-order valence-corrected chi connectivity index (χ2v) is 4.46. The maximum Gasteiger partial charge on any atom is 0.269 e. The van der Waals surface area contributed by atoms with Gasteiger partial charge in [-0.25, -0.2) is 0 Å². The van der Waals surface area contributed by atoms with Gasteiger partial charge in [0.1, 0.15) is 0 Å². The number of nitro benzene ring substituents is 1. The summed E-state index contributed by atoms with van der Waals surface area (Å²) in [5.41, 5.74) is 1.87. The first-order chi connectivity index (χ1) is 10.1. The van der Waals surface area contributed by atoms with E-state index >= 15 is 0 Å². The van der Waals surface area contributed by atoms with Crippen molar-refractivity contribution in [2.24, 2.45) is 0 Å². The number of para-hydroxylation sites is 1. The van der Waals surface area contributed by atoms with Crippen LogP contribution in [0.2, 0.25) is 0 Å². The molecule has 0 unspecified atom stereocenters. The largest absolute Gasteiger partial charge is 0.392 e. The number of aliphatic hydroxyl groups excluding tert-OH is 1. The van der Waals surface area contributed by atoms with Crippen molar-refractivity contribution in [3.63, 3.8) is 0 Å². The van der Waals surface area contributed by atoms with Crippen molar-refractivity contribution in [1.29, 1.82) is 0 Å². The molecular weight excluding hydrogens is 272 g/mol. The first kappa shape index (κ1) is 14.7. The normalized spacial score (nSPS) is 10.1. The second kappa shape index (κ2) is 6.62. The lowest BCUT2D eigenvalue weighted by molar-refractivity contribution is -0.384. The summed E-state index contributed by atoms with van der Waals surface area (Å²) in [7, 11) is 0. The molecule has 0 aromatic heterocycles. The third-order valence-electron chi connectivity index (χ3n) is 2.97. The van der Waals surface area contributed by atoms with E-state index in [0.717, 1.165) is 0 Å². The number of benzene rings is 2. The molecule has 0 bridgehead atoms. The van der Waals surface area contributed by atoms with Crippen LogP contribution in [0.15, 0.2) is 48.5 Å². The molecule has 0 saturated heterocycles. The maximum absolute atomic E-state index is 11.9. The number of hydrogen-bond acceptors (Lipinski definition) is 4. The lowest BCUT2D eigenvalue weighted by atomic mass is 10.1. The van der Waals surface area contributed by atoms with E-state index in [1.54, 1.807) is 36.4 Å². The fraction of sp³-hybridized carbons (Fsp3) is 0.133. The Morgan fingerprint density at radius 1 is 1.14 bits per heavy atom. The number of anilines is 1. The van der Waals surface area contributed by atoms with Crippen LogP contribution in [0.3, 0.4) is 0 Å². The Bertz CT molecular complexity index is 653. The zero-order chi connectivity index (χ0) is 15.2. The topological polar surface area (TPSA) is 92.5 Å². The zero-order valence-electron chi connectivity index (χ0n) is 11.2. The number of carbonyl (C=O) groups is 1. The molecule has 0 spiro atoms. The molecule has 2 aromatic rings. The minimum Gasteiger partial charge on any atom is -0.392 e. The van der Waals surface area contributed by atoms with Gasteiger partial charge in [0.05, 0.1) is 18.0 Å². The molecule has 2 aromatic carbocycles. The van der Waals surface area contributed by atoms with Crippen molar-refractivity contribution < 1.29 is 14.8 Å². The van der Waals surface area contributed by atoms with Gasteiger partial charge >= 0.3 is 0 Å². The summed E-state index contributed by atoms with van der Waals surface area (Å²) in [4.78, 5) is 22.0. The van der Waals surface area contributed by atoms with E-state index in [1.807, 2.05) is 0 Å². The molecule has 0 aliphatic heterocycles. The van der Waals surface area contributed by atoms with Crippen LogP contribution in [-0.4, -0.2) is 15.9 Å². The first-order valence-electron chi connectivity index (χ1n) is 6.32. The summed E-state index contributed by atoms with van der Waals surface area (Å²) >= 11 is 0. The molecule has 6 nitrogen and oxygen atoms in total. The SMILES string of the molecule is O=C(Cc1ccc([N+](=O)[O-])cc1)Nc1ccccc1CO. The van der Waals surface area contributed by atoms with E-state index < -0.39 is 4.92 Å². The Morgan fingerprint density at radius 2 is 1.81 bits per heavy atom. The Labute approximate surface area is 121 Å². The van der Waals surface area contributed by atoms with Gasteiger partial charge in [0.2, 0.25) is 5.91 Å². The van der Waals surface area contributed by atoms with Crippen molar-refractivity contribution in [1.82, 2.24) is 0 Å². The molecule has 0 aliphatic carbocycles. The molecule has 0 radical (unpaired) electrons. The number of amides is 1. The highest BCUT2D eigenvalue weighted by Gasteiger charge is 2.09. The number of aliphatic hydroxyl groups is 1. The van der Waals surface area contributed by atoms with Crippen LogP contribution in [0.4, 0.5) is 11.4 Å². The van der Waals surface area contributed by atoms with Gasteiger partial charge in [-0.05, 0) is 11.6 Å². The predicted octanol–water partition coefficient (Wildman–Crippen LogP) is 2.27. The highest BCUT2D eigenvalue weighted by molar-refractivity contribution is 5.93. The minimum absolute atomic E-state index is 0.00946. The summed E-state index contributed by atoms with van der Waals surface area (Å²) < 4.78 is 0. The Kier molecular flexibility index (Phi) is 4.63. The molecule has 2 N–H and O–H groups in total. The van der Waals surface area contributed by atoms with Crippen molar-refractivity contribution in [3.8, 4) is 0 Å². The summed E-state index contributed by atoms with van der Waals surface area (Å²) in [5, 5.41) is 22.5. The first-order valence-corrected chi connectivity index (χ1v) is 6.32. The van der Waals surface area contributed by atoms with Gasteiger partial charge in [-0.3, -0.25) is 14.9 Å². The number of non-ortho nitro benzene ring substituents is 1. The van der Waals surface area contributed by atoms with E-state index in [2.05, 4.69) is 5.32 Å². The van der Waals surface area contributed by atoms with E-state index in [0.29, 0.717) is 16.8 Å². The quantitative estimate of drug-likeness (QED) is 0.651. The van der Waals surface area contributed by atoms with Crippen LogP contribution >= 0.6 is 0 Å². The monoisotopic (exact) mass is 286 g/mol. The fourth-order valence-corrected chi connectivity index (χ4v) is 1.90. The van der Waals surface area contributed by atoms with E-state index in [1.165, 1.54) is 12.1 Å². The van der Waals surface area contributed by atoms with Gasteiger partial charge in [-0.1, -0.05) is 30.3 Å². The Balaban J connectivity index is 2.03. The minimum atomic E-state index is -0.485. The van der Waals surface area contributed by atoms with Crippen LogP contribution in [-0.2, 0) is 17.8 Å². The van der Waals surface area contributed by atoms with Crippen molar-refractivity contribution >= 4 is 17.3 Å². The van der Waals surface area contributed by atoms with Crippen molar-refractivity contribution in [2.45, 2.75) is 13.0 Å². The molecule has 0 heterocycles. The van der Waals surface area contributed by atoms with Crippen LogP contribution in [0, 0.1) is 10.1 Å².